The molecule has 0 fully saturated rings. The highest BCUT2D eigenvalue weighted by Crippen LogP contribution is 2.34. The van der Waals surface area contributed by atoms with Gasteiger partial charge in [-0.25, -0.2) is 9.78 Å². The number of furan rings is 1. The highest BCUT2D eigenvalue weighted by Gasteiger charge is 2.18. The number of carboxylic acids is 1. The number of hydrogen-bond acceptors (Lipinski definition) is 7. The fourth-order valence-electron chi connectivity index (χ4n) is 3.73. The van der Waals surface area contributed by atoms with Crippen molar-refractivity contribution in [3.63, 3.8) is 0 Å². The van der Waals surface area contributed by atoms with Gasteiger partial charge in [0.2, 0.25) is 5.82 Å². The first-order valence-corrected chi connectivity index (χ1v) is 11.1. The summed E-state index contributed by atoms with van der Waals surface area (Å²) in [6, 6.07) is 19.1. The van der Waals surface area contributed by atoms with Crippen LogP contribution in [0.5, 0.6) is 11.5 Å². The van der Waals surface area contributed by atoms with Crippen LogP contribution in [0.15, 0.2) is 81.0 Å². The number of halogens is 1. The molecule has 9 nitrogen and oxygen atoms in total. The number of carboxylic acid groups (broad SMARTS) is 1. The van der Waals surface area contributed by atoms with Gasteiger partial charge in [-0.15, -0.1) is 0 Å². The third-order valence-corrected chi connectivity index (χ3v) is 5.54. The molecular formula is C26H18ClN3O6. The molecule has 0 bridgehead atoms. The Morgan fingerprint density at radius 3 is 2.72 bits per heavy atom. The lowest BCUT2D eigenvalue weighted by Crippen LogP contribution is -2.20. The average Bonchev–Trinajstić information content (AvgIpc) is 3.31. The van der Waals surface area contributed by atoms with Crippen molar-refractivity contribution in [1.29, 1.82) is 0 Å². The summed E-state index contributed by atoms with van der Waals surface area (Å²) in [4.78, 5) is 29.2. The van der Waals surface area contributed by atoms with Crippen LogP contribution in [0.4, 0.5) is 0 Å². The Labute approximate surface area is 208 Å². The quantitative estimate of drug-likeness (QED) is 0.316. The van der Waals surface area contributed by atoms with Crippen molar-refractivity contribution in [1.82, 2.24) is 9.66 Å². The van der Waals surface area contributed by atoms with E-state index in [1.54, 1.807) is 30.3 Å². The Kier molecular flexibility index (Phi) is 6.14. The maximum Gasteiger partial charge on any atom is 0.341 e. The third kappa shape index (κ3) is 4.39. The topological polar surface area (TPSA) is 116 Å². The van der Waals surface area contributed by atoms with E-state index in [1.807, 2.05) is 24.3 Å². The molecule has 0 radical (unpaired) electrons. The lowest BCUT2D eigenvalue weighted by Gasteiger charge is -2.13. The second-order valence-corrected chi connectivity index (χ2v) is 8.11. The summed E-state index contributed by atoms with van der Waals surface area (Å²) in [5.74, 6) is -0.306. The zero-order valence-corrected chi connectivity index (χ0v) is 19.6. The second kappa shape index (κ2) is 9.55. The number of ether oxygens (including phenoxy) is 2. The van der Waals surface area contributed by atoms with E-state index in [9.17, 15) is 9.59 Å². The fraction of sp³-hybridized carbons (Fsp3) is 0.0769. The third-order valence-electron chi connectivity index (χ3n) is 5.32. The molecule has 0 saturated heterocycles. The van der Waals surface area contributed by atoms with Crippen LogP contribution >= 0.6 is 11.6 Å². The van der Waals surface area contributed by atoms with Crippen molar-refractivity contribution in [2.75, 3.05) is 13.7 Å². The number of hydrogen-bond donors (Lipinski definition) is 1. The summed E-state index contributed by atoms with van der Waals surface area (Å²) in [5, 5.41) is 15.0. The number of aliphatic carboxylic acids is 1. The van der Waals surface area contributed by atoms with Crippen LogP contribution in [0.25, 0.3) is 33.5 Å². The second-order valence-electron chi connectivity index (χ2n) is 7.67. The Morgan fingerprint density at radius 2 is 1.94 bits per heavy atom. The minimum atomic E-state index is -1.17. The summed E-state index contributed by atoms with van der Waals surface area (Å²) < 4.78 is 17.8. The lowest BCUT2D eigenvalue weighted by molar-refractivity contribution is -0.139. The molecule has 0 spiro atoms. The number of nitrogens with zero attached hydrogens (tertiary/aromatic N) is 3. The molecule has 3 aromatic carbocycles. The molecule has 0 aliphatic carbocycles. The first kappa shape index (κ1) is 23.1. The maximum absolute atomic E-state index is 13.5. The highest BCUT2D eigenvalue weighted by molar-refractivity contribution is 6.31. The minimum Gasteiger partial charge on any atom is -0.493 e. The van der Waals surface area contributed by atoms with Gasteiger partial charge >= 0.3 is 5.97 Å². The number of carbonyl (C=O) groups is 1. The van der Waals surface area contributed by atoms with Crippen LogP contribution in [-0.4, -0.2) is 40.7 Å². The van der Waals surface area contributed by atoms with Gasteiger partial charge in [-0.05, 0) is 30.3 Å². The number of fused-ring (bicyclic) bond motifs is 2. The summed E-state index contributed by atoms with van der Waals surface area (Å²) in [5.41, 5.74) is 0.999. The highest BCUT2D eigenvalue weighted by atomic mass is 35.5. The van der Waals surface area contributed by atoms with E-state index in [0.717, 1.165) is 10.1 Å². The molecular weight excluding hydrogens is 486 g/mol. The van der Waals surface area contributed by atoms with Crippen molar-refractivity contribution in [3.8, 4) is 23.1 Å². The predicted molar refractivity (Wildman–Crippen MR) is 135 cm³/mol. The summed E-state index contributed by atoms with van der Waals surface area (Å²) >= 11 is 6.22. The van der Waals surface area contributed by atoms with E-state index in [1.165, 1.54) is 25.5 Å². The lowest BCUT2D eigenvalue weighted by atomic mass is 10.2. The van der Waals surface area contributed by atoms with Crippen LogP contribution in [0.2, 0.25) is 5.02 Å². The van der Waals surface area contributed by atoms with E-state index in [-0.39, 0.29) is 17.3 Å². The zero-order chi connectivity index (χ0) is 25.2. The Morgan fingerprint density at radius 1 is 1.17 bits per heavy atom. The molecule has 5 rings (SSSR count). The number of methoxy groups -OCH3 is 1. The van der Waals surface area contributed by atoms with E-state index in [2.05, 4.69) is 10.1 Å². The normalized spacial score (nSPS) is 11.4. The Bertz CT molecular complexity index is 1670. The van der Waals surface area contributed by atoms with Crippen molar-refractivity contribution in [3.05, 3.63) is 87.7 Å². The molecule has 0 atom stereocenters. The number of aromatic nitrogens is 2. The monoisotopic (exact) mass is 503 g/mol. The first-order chi connectivity index (χ1) is 17.4. The molecule has 180 valence electrons. The van der Waals surface area contributed by atoms with Crippen molar-refractivity contribution in [2.24, 2.45) is 5.10 Å². The number of para-hydroxylation sites is 2. The molecule has 0 amide bonds. The van der Waals surface area contributed by atoms with Gasteiger partial charge in [0.1, 0.15) is 5.58 Å². The molecule has 10 heteroatoms. The maximum atomic E-state index is 13.5. The fourth-order valence-corrected chi connectivity index (χ4v) is 3.94. The first-order valence-electron chi connectivity index (χ1n) is 10.7. The van der Waals surface area contributed by atoms with Gasteiger partial charge in [-0.1, -0.05) is 41.9 Å². The van der Waals surface area contributed by atoms with Crippen LogP contribution < -0.4 is 15.0 Å². The molecule has 36 heavy (non-hydrogen) atoms. The average molecular weight is 504 g/mol. The SMILES string of the molecule is COc1cc(Cl)cc(C=Nn2c(-c3cc4ccccc4o3)nc3ccccc3c2=O)c1OCC(=O)O. The van der Waals surface area contributed by atoms with E-state index >= 15 is 0 Å². The van der Waals surface area contributed by atoms with Crippen molar-refractivity contribution in [2.45, 2.75) is 0 Å². The van der Waals surface area contributed by atoms with Crippen molar-refractivity contribution < 1.29 is 23.8 Å². The van der Waals surface area contributed by atoms with Crippen LogP contribution in [0.1, 0.15) is 5.56 Å². The van der Waals surface area contributed by atoms with Gasteiger partial charge in [-0.2, -0.15) is 9.78 Å². The van der Waals surface area contributed by atoms with Gasteiger partial charge in [0.25, 0.3) is 5.56 Å². The summed E-state index contributed by atoms with van der Waals surface area (Å²) in [7, 11) is 1.40. The van der Waals surface area contributed by atoms with E-state index < -0.39 is 18.1 Å². The molecule has 0 saturated carbocycles. The van der Waals surface area contributed by atoms with E-state index in [4.69, 9.17) is 30.6 Å². The molecule has 1 N–H and O–H groups in total. The van der Waals surface area contributed by atoms with Crippen LogP contribution in [-0.2, 0) is 4.79 Å². The number of rotatable bonds is 7. The molecule has 0 unspecified atom stereocenters. The van der Waals surface area contributed by atoms with Gasteiger partial charge in [0.05, 0.1) is 24.2 Å². The summed E-state index contributed by atoms with van der Waals surface area (Å²) in [6.07, 6.45) is 1.33. The Balaban J connectivity index is 1.70. The van der Waals surface area contributed by atoms with Crippen LogP contribution in [0.3, 0.4) is 0 Å². The van der Waals surface area contributed by atoms with Gasteiger partial charge in [0, 0.05) is 22.0 Å². The molecule has 0 aliphatic heterocycles. The zero-order valence-electron chi connectivity index (χ0n) is 18.8. The predicted octanol–water partition coefficient (Wildman–Crippen LogP) is 4.82. The van der Waals surface area contributed by atoms with Gasteiger partial charge in [-0.3, -0.25) is 4.79 Å². The van der Waals surface area contributed by atoms with E-state index in [0.29, 0.717) is 32.8 Å². The number of benzene rings is 3. The standard InChI is InChI=1S/C26H18ClN3O6/c1-34-21-12-17(27)10-16(24(21)35-14-23(31)32)13-28-30-25(22-11-15-6-2-5-9-20(15)36-22)29-19-8-4-3-7-18(19)26(30)33/h2-13H,14H2,1H3,(H,31,32). The Hall–Kier alpha value is -4.63. The van der Waals surface area contributed by atoms with Crippen molar-refractivity contribution >= 4 is 45.7 Å². The minimum absolute atomic E-state index is 0.111. The van der Waals surface area contributed by atoms with Crippen LogP contribution in [0, 0.1) is 0 Å². The van der Waals surface area contributed by atoms with Gasteiger partial charge < -0.3 is 19.0 Å². The molecule has 0 aliphatic rings. The molecule has 5 aromatic rings. The molecule has 2 aromatic heterocycles. The summed E-state index contributed by atoms with van der Waals surface area (Å²) in [6.45, 7) is -0.611. The smallest absolute Gasteiger partial charge is 0.341 e. The van der Waals surface area contributed by atoms with Gasteiger partial charge in [0.15, 0.2) is 23.9 Å². The largest absolute Gasteiger partial charge is 0.493 e. The molecule has 2 heterocycles.